The molecule has 0 saturated heterocycles. The zero-order valence-corrected chi connectivity index (χ0v) is 15.5. The highest BCUT2D eigenvalue weighted by Crippen LogP contribution is 2.31. The van der Waals surface area contributed by atoms with Gasteiger partial charge in [0.05, 0.1) is 10.8 Å². The lowest BCUT2D eigenvalue weighted by Gasteiger charge is -2.18. The quantitative estimate of drug-likeness (QED) is 0.894. The fraction of sp³-hybridized carbons (Fsp3) is 0.647. The van der Waals surface area contributed by atoms with Crippen molar-refractivity contribution in [2.45, 2.75) is 64.2 Å². The predicted molar refractivity (Wildman–Crippen MR) is 96.9 cm³/mol. The summed E-state index contributed by atoms with van der Waals surface area (Å²) in [5.74, 6) is 1.43. The Hall–Kier alpha value is -1.63. The molecule has 1 aliphatic rings. The molecule has 2 aromatic heterocycles. The summed E-state index contributed by atoms with van der Waals surface area (Å²) < 4.78 is 25.4. The number of nitrogen functional groups attached to an aromatic ring is 1. The van der Waals surface area contributed by atoms with Crippen LogP contribution in [0.25, 0.3) is 11.0 Å². The first-order valence-corrected chi connectivity index (χ1v) is 10.6. The Bertz CT molecular complexity index is 871. The largest absolute Gasteiger partial charge is 0.382 e. The van der Waals surface area contributed by atoms with Gasteiger partial charge in [-0.25, -0.2) is 18.4 Å². The van der Waals surface area contributed by atoms with E-state index in [9.17, 15) is 8.42 Å². The summed E-state index contributed by atoms with van der Waals surface area (Å²) in [4.78, 5) is 9.18. The van der Waals surface area contributed by atoms with Gasteiger partial charge in [-0.3, -0.25) is 0 Å². The second-order valence-corrected chi connectivity index (χ2v) is 9.38. The third-order valence-electron chi connectivity index (χ3n) is 5.10. The highest BCUT2D eigenvalue weighted by Gasteiger charge is 2.22. The lowest BCUT2D eigenvalue weighted by Crippen LogP contribution is -2.17. The molecule has 2 N–H and O–H groups in total. The van der Waals surface area contributed by atoms with Crippen molar-refractivity contribution in [1.29, 1.82) is 0 Å². The van der Waals surface area contributed by atoms with Crippen molar-refractivity contribution in [2.75, 3.05) is 12.0 Å². The number of aromatic nitrogens is 3. The van der Waals surface area contributed by atoms with Gasteiger partial charge in [-0.05, 0) is 57.9 Å². The molecule has 0 radical (unpaired) electrons. The fourth-order valence-electron chi connectivity index (χ4n) is 3.54. The van der Waals surface area contributed by atoms with Gasteiger partial charge in [0.1, 0.15) is 21.2 Å². The van der Waals surface area contributed by atoms with Crippen LogP contribution in [-0.4, -0.2) is 34.5 Å². The van der Waals surface area contributed by atoms with Crippen LogP contribution in [0.4, 0.5) is 5.82 Å². The first-order valence-electron chi connectivity index (χ1n) is 8.62. The third kappa shape index (κ3) is 3.14. The van der Waals surface area contributed by atoms with E-state index in [0.29, 0.717) is 12.2 Å². The summed E-state index contributed by atoms with van der Waals surface area (Å²) in [6.07, 6.45) is 7.08. The molecule has 6 nitrogen and oxygen atoms in total. The van der Waals surface area contributed by atoms with E-state index < -0.39 is 9.84 Å². The van der Waals surface area contributed by atoms with E-state index in [0.717, 1.165) is 54.8 Å². The number of hydrogen-bond donors (Lipinski definition) is 1. The lowest BCUT2D eigenvalue weighted by atomic mass is 9.95. The van der Waals surface area contributed by atoms with Crippen molar-refractivity contribution in [3.05, 3.63) is 17.1 Å². The van der Waals surface area contributed by atoms with Gasteiger partial charge >= 0.3 is 0 Å². The molecule has 0 aliphatic heterocycles. The number of imidazole rings is 1. The maximum absolute atomic E-state index is 11.6. The molecule has 0 aromatic carbocycles. The van der Waals surface area contributed by atoms with Crippen molar-refractivity contribution in [2.24, 2.45) is 0 Å². The standard InChI is InChI=1S/C17H26N4O2S/c1-11(24(3,22)23)7-6-10-21-12(2)19-15-16(21)13-8-4-5-9-14(13)20-17(15)18/h11H,4-10H2,1-3H3,(H2,18,20). The van der Waals surface area contributed by atoms with Gasteiger partial charge in [-0.1, -0.05) is 0 Å². The summed E-state index contributed by atoms with van der Waals surface area (Å²) in [5.41, 5.74) is 10.4. The molecule has 2 heterocycles. The van der Waals surface area contributed by atoms with Crippen molar-refractivity contribution >= 4 is 26.7 Å². The molecule has 0 fully saturated rings. The molecule has 0 saturated carbocycles. The Morgan fingerprint density at radius 3 is 2.67 bits per heavy atom. The first kappa shape index (κ1) is 17.2. The van der Waals surface area contributed by atoms with Gasteiger partial charge in [0.2, 0.25) is 0 Å². The molecule has 2 aromatic rings. The molecule has 1 atom stereocenters. The number of nitrogens with two attached hydrogens (primary N) is 1. The van der Waals surface area contributed by atoms with E-state index in [1.165, 1.54) is 18.2 Å². The third-order valence-corrected chi connectivity index (χ3v) is 6.80. The topological polar surface area (TPSA) is 90.9 Å². The van der Waals surface area contributed by atoms with Gasteiger partial charge < -0.3 is 10.3 Å². The molecule has 1 unspecified atom stereocenters. The van der Waals surface area contributed by atoms with Gasteiger partial charge in [-0.15, -0.1) is 0 Å². The van der Waals surface area contributed by atoms with E-state index in [2.05, 4.69) is 14.5 Å². The van der Waals surface area contributed by atoms with Crippen LogP contribution in [-0.2, 0) is 29.2 Å². The van der Waals surface area contributed by atoms with E-state index in [1.54, 1.807) is 6.92 Å². The van der Waals surface area contributed by atoms with Crippen LogP contribution in [0.5, 0.6) is 0 Å². The fourth-order valence-corrected chi connectivity index (χ4v) is 4.13. The van der Waals surface area contributed by atoms with Crippen molar-refractivity contribution in [3.8, 4) is 0 Å². The average molecular weight is 350 g/mol. The van der Waals surface area contributed by atoms with E-state index >= 15 is 0 Å². The van der Waals surface area contributed by atoms with Crippen molar-refractivity contribution in [1.82, 2.24) is 14.5 Å². The monoisotopic (exact) mass is 350 g/mol. The SMILES string of the molecule is Cc1nc2c(N)nc3c(c2n1CCCC(C)S(C)(=O)=O)CCCC3. The Balaban J connectivity index is 1.93. The highest BCUT2D eigenvalue weighted by molar-refractivity contribution is 7.91. The summed E-state index contributed by atoms with van der Waals surface area (Å²) in [6.45, 7) is 4.52. The summed E-state index contributed by atoms with van der Waals surface area (Å²) in [7, 11) is -2.97. The number of hydrogen-bond acceptors (Lipinski definition) is 5. The van der Waals surface area contributed by atoms with Crippen LogP contribution >= 0.6 is 0 Å². The smallest absolute Gasteiger partial charge is 0.151 e. The van der Waals surface area contributed by atoms with Gasteiger partial charge in [0, 0.05) is 18.5 Å². The predicted octanol–water partition coefficient (Wildman–Crippen LogP) is 2.41. The van der Waals surface area contributed by atoms with Crippen molar-refractivity contribution < 1.29 is 8.42 Å². The van der Waals surface area contributed by atoms with Crippen molar-refractivity contribution in [3.63, 3.8) is 0 Å². The number of fused-ring (bicyclic) bond motifs is 3. The first-order chi connectivity index (χ1) is 11.3. The van der Waals surface area contributed by atoms with Crippen LogP contribution in [0.1, 0.15) is 49.7 Å². The van der Waals surface area contributed by atoms with E-state index in [-0.39, 0.29) is 5.25 Å². The minimum Gasteiger partial charge on any atom is -0.382 e. The number of aryl methyl sites for hydroxylation is 4. The lowest BCUT2D eigenvalue weighted by molar-refractivity contribution is 0.560. The number of rotatable bonds is 5. The molecule has 0 bridgehead atoms. The van der Waals surface area contributed by atoms with E-state index in [1.807, 2.05) is 6.92 Å². The molecular weight excluding hydrogens is 324 g/mol. The van der Waals surface area contributed by atoms with Crippen LogP contribution in [0.2, 0.25) is 0 Å². The maximum Gasteiger partial charge on any atom is 0.151 e. The minimum absolute atomic E-state index is 0.312. The average Bonchev–Trinajstić information content (AvgIpc) is 2.84. The molecular formula is C17H26N4O2S. The van der Waals surface area contributed by atoms with Crippen LogP contribution in [0, 0.1) is 6.92 Å². The zero-order valence-electron chi connectivity index (χ0n) is 14.7. The molecule has 3 rings (SSSR count). The Morgan fingerprint density at radius 1 is 1.25 bits per heavy atom. The second-order valence-electron chi connectivity index (χ2n) is 6.92. The van der Waals surface area contributed by atoms with Gasteiger partial charge in [-0.2, -0.15) is 0 Å². The number of anilines is 1. The second kappa shape index (κ2) is 6.35. The Morgan fingerprint density at radius 2 is 1.96 bits per heavy atom. The molecule has 1 aliphatic carbocycles. The van der Waals surface area contributed by atoms with Gasteiger partial charge in [0.15, 0.2) is 5.82 Å². The molecule has 132 valence electrons. The number of pyridine rings is 1. The van der Waals surface area contributed by atoms with E-state index in [4.69, 9.17) is 5.73 Å². The Labute approximate surface area is 143 Å². The minimum atomic E-state index is -2.97. The molecule has 7 heteroatoms. The van der Waals surface area contributed by atoms with Crippen LogP contribution < -0.4 is 5.73 Å². The number of nitrogens with zero attached hydrogens (tertiary/aromatic N) is 3. The summed E-state index contributed by atoms with van der Waals surface area (Å²) >= 11 is 0. The summed E-state index contributed by atoms with van der Waals surface area (Å²) in [5, 5.41) is -0.312. The molecule has 0 amide bonds. The normalized spacial score (nSPS) is 16.3. The van der Waals surface area contributed by atoms with Crippen LogP contribution in [0.15, 0.2) is 0 Å². The summed E-state index contributed by atoms with van der Waals surface area (Å²) in [6, 6.07) is 0. The zero-order chi connectivity index (χ0) is 17.5. The van der Waals surface area contributed by atoms with Crippen LogP contribution in [0.3, 0.4) is 0 Å². The molecule has 0 spiro atoms. The molecule has 24 heavy (non-hydrogen) atoms. The Kier molecular flexibility index (Phi) is 4.55. The maximum atomic E-state index is 11.6. The number of sulfone groups is 1. The van der Waals surface area contributed by atoms with Gasteiger partial charge in [0.25, 0.3) is 0 Å². The highest BCUT2D eigenvalue weighted by atomic mass is 32.2.